The van der Waals surface area contributed by atoms with Gasteiger partial charge in [-0.05, 0) is 51.6 Å². The number of hydrogen-bond acceptors (Lipinski definition) is 4. The Balaban J connectivity index is 1.14. The summed E-state index contributed by atoms with van der Waals surface area (Å²) in [5, 5.41) is 0. The first kappa shape index (κ1) is 31.1. The molecule has 7 aromatic carbocycles. The van der Waals surface area contributed by atoms with Crippen LogP contribution < -0.4 is 4.74 Å². The van der Waals surface area contributed by atoms with Gasteiger partial charge >= 0.3 is 0 Å². The Morgan fingerprint density at radius 1 is 0.340 bits per heavy atom. The number of nitrogens with zero attached hydrogens (tertiary/aromatic N) is 3. The van der Waals surface area contributed by atoms with E-state index >= 15 is 0 Å². The lowest BCUT2D eigenvalue weighted by Gasteiger charge is -2.50. The van der Waals surface area contributed by atoms with Gasteiger partial charge in [0.15, 0.2) is 17.5 Å². The molecule has 0 saturated carbocycles. The van der Waals surface area contributed by atoms with Crippen LogP contribution in [0.25, 0.3) is 45.3 Å². The molecule has 0 fully saturated rings. The smallest absolute Gasteiger partial charge is 0.164 e. The first-order valence-electron chi connectivity index (χ1n) is 18.1. The molecule has 1 aliphatic carbocycles. The molecule has 0 unspecified atom stereocenters. The third kappa shape index (κ3) is 4.79. The average Bonchev–Trinajstić information content (AvgIpc) is 3.23. The van der Waals surface area contributed by atoms with Gasteiger partial charge in [0.05, 0.1) is 5.41 Å². The van der Waals surface area contributed by atoms with E-state index in [-0.39, 0.29) is 5.41 Å². The van der Waals surface area contributed by atoms with Crippen molar-refractivity contribution in [2.24, 2.45) is 0 Å². The van der Waals surface area contributed by atoms with Crippen molar-refractivity contribution in [3.63, 3.8) is 0 Å². The van der Waals surface area contributed by atoms with Gasteiger partial charge in [0.25, 0.3) is 0 Å². The lowest BCUT2D eigenvalue weighted by Crippen LogP contribution is -2.43. The lowest BCUT2D eigenvalue weighted by atomic mass is 9.53. The van der Waals surface area contributed by atoms with E-state index < -0.39 is 5.41 Å². The van der Waals surface area contributed by atoms with E-state index in [0.29, 0.717) is 17.5 Å². The second-order valence-electron chi connectivity index (χ2n) is 14.4. The van der Waals surface area contributed by atoms with E-state index in [0.717, 1.165) is 50.4 Å². The predicted molar refractivity (Wildman–Crippen MR) is 212 cm³/mol. The number of aromatic nitrogens is 3. The van der Waals surface area contributed by atoms with Crippen LogP contribution in [0.5, 0.6) is 11.5 Å². The quantitative estimate of drug-likeness (QED) is 0.185. The van der Waals surface area contributed by atoms with E-state index in [4.69, 9.17) is 19.7 Å². The fourth-order valence-corrected chi connectivity index (χ4v) is 8.58. The van der Waals surface area contributed by atoms with Crippen LogP contribution in [0.15, 0.2) is 176 Å². The normalized spacial score (nSPS) is 14.3. The summed E-state index contributed by atoms with van der Waals surface area (Å²) in [6.45, 7) is 4.69. The van der Waals surface area contributed by atoms with Crippen LogP contribution in [0.3, 0.4) is 0 Å². The van der Waals surface area contributed by atoms with Crippen molar-refractivity contribution >= 4 is 0 Å². The molecule has 0 bridgehead atoms. The maximum absolute atomic E-state index is 6.86. The van der Waals surface area contributed by atoms with E-state index in [1.807, 2.05) is 60.7 Å². The number of rotatable bonds is 4. The molecule has 252 valence electrons. The fraction of sp³-hybridized carbons (Fsp3) is 0.0816. The molecule has 0 atom stereocenters. The summed E-state index contributed by atoms with van der Waals surface area (Å²) in [6, 6.07) is 61.8. The van der Waals surface area contributed by atoms with Crippen molar-refractivity contribution in [1.29, 1.82) is 0 Å². The second kappa shape index (κ2) is 12.0. The molecule has 10 rings (SSSR count). The minimum Gasteiger partial charge on any atom is -0.457 e. The standard InChI is InChI=1S/C49H35N3O/c1-48(2)37-22-9-11-24-39(37)49(40-25-12-10-23-38(40)48)41-26-13-14-27-43(41)53-44-31-35(28-29-42(44)49)34-20-15-21-36(30-34)47-51-45(32-16-5-3-6-17-32)50-46(52-47)33-18-7-4-8-19-33/h3-31H,1-2H3. The highest BCUT2D eigenvalue weighted by molar-refractivity contribution is 5.79. The molecule has 2 aliphatic rings. The van der Waals surface area contributed by atoms with Crippen LogP contribution in [0.2, 0.25) is 0 Å². The Hall–Kier alpha value is -6.65. The van der Waals surface area contributed by atoms with Crippen molar-refractivity contribution in [1.82, 2.24) is 15.0 Å². The Morgan fingerprint density at radius 2 is 0.774 bits per heavy atom. The summed E-state index contributed by atoms with van der Waals surface area (Å²) in [6.07, 6.45) is 0. The molecule has 4 nitrogen and oxygen atoms in total. The highest BCUT2D eigenvalue weighted by Crippen LogP contribution is 2.61. The zero-order valence-electron chi connectivity index (χ0n) is 29.5. The van der Waals surface area contributed by atoms with Crippen LogP contribution in [0, 0.1) is 0 Å². The molecule has 0 radical (unpaired) electrons. The lowest BCUT2D eigenvalue weighted by molar-refractivity contribution is 0.425. The molecule has 1 aromatic heterocycles. The number of para-hydroxylation sites is 1. The maximum Gasteiger partial charge on any atom is 0.164 e. The van der Waals surface area contributed by atoms with Crippen molar-refractivity contribution in [2.75, 3.05) is 0 Å². The highest BCUT2D eigenvalue weighted by Gasteiger charge is 2.52. The molecule has 8 aromatic rings. The topological polar surface area (TPSA) is 47.9 Å². The Kier molecular flexibility index (Phi) is 7.02. The van der Waals surface area contributed by atoms with Crippen LogP contribution in [0.4, 0.5) is 0 Å². The van der Waals surface area contributed by atoms with Crippen molar-refractivity contribution in [3.8, 4) is 56.8 Å². The molecule has 0 N–H and O–H groups in total. The molecule has 0 saturated heterocycles. The zero-order valence-corrected chi connectivity index (χ0v) is 29.5. The summed E-state index contributed by atoms with van der Waals surface area (Å²) >= 11 is 0. The van der Waals surface area contributed by atoms with Crippen molar-refractivity contribution < 1.29 is 4.74 Å². The Morgan fingerprint density at radius 3 is 1.38 bits per heavy atom. The largest absolute Gasteiger partial charge is 0.457 e. The first-order valence-corrected chi connectivity index (χ1v) is 18.1. The van der Waals surface area contributed by atoms with Gasteiger partial charge in [0.1, 0.15) is 11.5 Å². The molecule has 53 heavy (non-hydrogen) atoms. The summed E-state index contributed by atoms with van der Waals surface area (Å²) in [7, 11) is 0. The van der Waals surface area contributed by atoms with Gasteiger partial charge in [0, 0.05) is 33.2 Å². The third-order valence-electron chi connectivity index (χ3n) is 11.1. The zero-order chi connectivity index (χ0) is 35.6. The highest BCUT2D eigenvalue weighted by atomic mass is 16.5. The SMILES string of the molecule is CC1(C)c2ccccc2C2(c3ccccc3Oc3cc(-c4cccc(-c5nc(-c6ccccc6)nc(-c6ccccc6)n5)c4)ccc32)c2ccccc21. The number of ether oxygens (including phenoxy) is 1. The molecule has 4 heteroatoms. The first-order chi connectivity index (χ1) is 26.0. The van der Waals surface area contributed by atoms with Crippen molar-refractivity contribution in [3.05, 3.63) is 209 Å². The average molecular weight is 682 g/mol. The molecule has 0 amide bonds. The van der Waals surface area contributed by atoms with Crippen LogP contribution in [0.1, 0.15) is 47.2 Å². The molecule has 1 spiro atoms. The molecule has 1 aliphatic heterocycles. The number of hydrogen-bond donors (Lipinski definition) is 0. The Labute approximate surface area is 309 Å². The molecular weight excluding hydrogens is 647 g/mol. The van der Waals surface area contributed by atoms with E-state index in [1.165, 1.54) is 22.3 Å². The monoisotopic (exact) mass is 681 g/mol. The summed E-state index contributed by atoms with van der Waals surface area (Å²) in [5.74, 6) is 3.64. The van der Waals surface area contributed by atoms with E-state index in [2.05, 4.69) is 129 Å². The van der Waals surface area contributed by atoms with Gasteiger partial charge in [-0.1, -0.05) is 172 Å². The van der Waals surface area contributed by atoms with Gasteiger partial charge in [0.2, 0.25) is 0 Å². The van der Waals surface area contributed by atoms with Crippen LogP contribution in [-0.2, 0) is 10.8 Å². The molecule has 2 heterocycles. The summed E-state index contributed by atoms with van der Waals surface area (Å²) in [4.78, 5) is 14.9. The van der Waals surface area contributed by atoms with E-state index in [9.17, 15) is 0 Å². The second-order valence-corrected chi connectivity index (χ2v) is 14.4. The minimum atomic E-state index is -0.542. The van der Waals surface area contributed by atoms with Crippen LogP contribution in [-0.4, -0.2) is 15.0 Å². The van der Waals surface area contributed by atoms with Gasteiger partial charge in [-0.15, -0.1) is 0 Å². The predicted octanol–water partition coefficient (Wildman–Crippen LogP) is 11.7. The van der Waals surface area contributed by atoms with Gasteiger partial charge in [-0.25, -0.2) is 15.0 Å². The van der Waals surface area contributed by atoms with Crippen LogP contribution >= 0.6 is 0 Å². The summed E-state index contributed by atoms with van der Waals surface area (Å²) < 4.78 is 6.86. The maximum atomic E-state index is 6.86. The minimum absolute atomic E-state index is 0.165. The fourth-order valence-electron chi connectivity index (χ4n) is 8.58. The van der Waals surface area contributed by atoms with Gasteiger partial charge in [-0.3, -0.25) is 0 Å². The number of benzene rings is 7. The Bertz CT molecular complexity index is 2580. The van der Waals surface area contributed by atoms with E-state index in [1.54, 1.807) is 0 Å². The molecular formula is C49H35N3O. The number of fused-ring (bicyclic) bond motifs is 8. The van der Waals surface area contributed by atoms with Gasteiger partial charge in [-0.2, -0.15) is 0 Å². The van der Waals surface area contributed by atoms with Crippen molar-refractivity contribution in [2.45, 2.75) is 24.7 Å². The third-order valence-corrected chi connectivity index (χ3v) is 11.1. The van der Waals surface area contributed by atoms with Gasteiger partial charge < -0.3 is 4.74 Å². The summed E-state index contributed by atoms with van der Waals surface area (Å²) in [5.41, 5.74) is 11.8.